The number of amides is 2. The smallest absolute Gasteiger partial charge is 0.322 e. The minimum absolute atomic E-state index is 0.0186. The van der Waals surface area contributed by atoms with E-state index in [0.717, 1.165) is 10.9 Å². The third kappa shape index (κ3) is 4.95. The van der Waals surface area contributed by atoms with Crippen LogP contribution in [0, 0.1) is 5.82 Å². The first-order valence-electron chi connectivity index (χ1n) is 11.4. The molecular formula is C27H24FN3O5. The van der Waals surface area contributed by atoms with Crippen LogP contribution in [0.25, 0.3) is 10.9 Å². The number of para-hydroxylation sites is 1. The van der Waals surface area contributed by atoms with E-state index in [4.69, 9.17) is 14.2 Å². The molecule has 3 aromatic carbocycles. The van der Waals surface area contributed by atoms with Crippen LogP contribution in [0.4, 0.5) is 14.9 Å². The zero-order valence-electron chi connectivity index (χ0n) is 19.5. The Balaban J connectivity index is 1.48. The molecule has 0 saturated carbocycles. The van der Waals surface area contributed by atoms with Crippen LogP contribution in [0.5, 0.6) is 17.2 Å². The van der Waals surface area contributed by atoms with E-state index in [1.54, 1.807) is 25.3 Å². The lowest BCUT2D eigenvalue weighted by Crippen LogP contribution is -2.35. The molecule has 0 radical (unpaired) electrons. The van der Waals surface area contributed by atoms with E-state index >= 15 is 0 Å². The Bertz CT molecular complexity index is 1470. The lowest BCUT2D eigenvalue weighted by atomic mass is 10.1. The fourth-order valence-corrected chi connectivity index (χ4v) is 4.09. The summed E-state index contributed by atoms with van der Waals surface area (Å²) in [5.41, 5.74) is 1.89. The third-order valence-corrected chi connectivity index (χ3v) is 5.88. The number of aromatic amines is 1. The average molecular weight is 490 g/mol. The molecule has 1 aliphatic heterocycles. The van der Waals surface area contributed by atoms with Crippen molar-refractivity contribution in [1.82, 2.24) is 9.88 Å². The number of aromatic nitrogens is 1. The first kappa shape index (κ1) is 23.2. The highest BCUT2D eigenvalue weighted by molar-refractivity contribution is 5.89. The lowest BCUT2D eigenvalue weighted by molar-refractivity contribution is 0.172. The number of halogens is 1. The van der Waals surface area contributed by atoms with Crippen molar-refractivity contribution in [1.29, 1.82) is 0 Å². The first-order valence-corrected chi connectivity index (χ1v) is 11.4. The molecule has 0 bridgehead atoms. The van der Waals surface area contributed by atoms with Crippen molar-refractivity contribution in [2.45, 2.75) is 13.1 Å². The van der Waals surface area contributed by atoms with E-state index in [0.29, 0.717) is 47.2 Å². The number of hydrogen-bond acceptors (Lipinski definition) is 5. The Labute approximate surface area is 206 Å². The van der Waals surface area contributed by atoms with E-state index in [1.807, 2.05) is 24.3 Å². The van der Waals surface area contributed by atoms with Gasteiger partial charge in [0, 0.05) is 28.3 Å². The van der Waals surface area contributed by atoms with E-state index in [2.05, 4.69) is 10.3 Å². The molecular weight excluding hydrogens is 465 g/mol. The number of pyridine rings is 1. The molecule has 184 valence electrons. The van der Waals surface area contributed by atoms with Crippen molar-refractivity contribution in [2.75, 3.05) is 25.6 Å². The summed E-state index contributed by atoms with van der Waals surface area (Å²) in [6.07, 6.45) is 0. The van der Waals surface area contributed by atoms with Crippen LogP contribution in [0.1, 0.15) is 11.1 Å². The van der Waals surface area contributed by atoms with Gasteiger partial charge < -0.3 is 29.4 Å². The van der Waals surface area contributed by atoms with Gasteiger partial charge in [-0.1, -0.05) is 18.2 Å². The van der Waals surface area contributed by atoms with Crippen molar-refractivity contribution in [3.05, 3.63) is 94.0 Å². The summed E-state index contributed by atoms with van der Waals surface area (Å²) >= 11 is 0. The van der Waals surface area contributed by atoms with Gasteiger partial charge in [0.2, 0.25) is 0 Å². The van der Waals surface area contributed by atoms with Gasteiger partial charge in [0.05, 0.1) is 25.7 Å². The molecule has 2 N–H and O–H groups in total. The van der Waals surface area contributed by atoms with E-state index < -0.39 is 11.8 Å². The number of urea groups is 1. The van der Waals surface area contributed by atoms with Gasteiger partial charge in [-0.25, -0.2) is 9.18 Å². The number of rotatable bonds is 6. The highest BCUT2D eigenvalue weighted by Gasteiger charge is 2.20. The maximum Gasteiger partial charge on any atom is 0.322 e. The molecule has 8 nitrogen and oxygen atoms in total. The first-order chi connectivity index (χ1) is 17.5. The van der Waals surface area contributed by atoms with Crippen molar-refractivity contribution >= 4 is 22.6 Å². The highest BCUT2D eigenvalue weighted by Crippen LogP contribution is 2.33. The summed E-state index contributed by atoms with van der Waals surface area (Å²) in [6.45, 7) is 1.09. The Kier molecular flexibility index (Phi) is 6.44. The Hall–Kier alpha value is -4.53. The SMILES string of the molecule is COc1ccccc1CN(Cc1cc2cc3c(cc2[nH]c1=O)OCCO3)C(=O)Nc1ccc(F)cc1. The number of nitrogens with one attached hydrogen (secondary N) is 2. The maximum atomic E-state index is 13.3. The zero-order valence-corrected chi connectivity index (χ0v) is 19.5. The van der Waals surface area contributed by atoms with Crippen molar-refractivity contribution in [3.63, 3.8) is 0 Å². The van der Waals surface area contributed by atoms with Crippen LogP contribution in [0.2, 0.25) is 0 Å². The van der Waals surface area contributed by atoms with Gasteiger partial charge in [-0.15, -0.1) is 0 Å². The molecule has 0 aliphatic carbocycles. The molecule has 0 saturated heterocycles. The molecule has 5 rings (SSSR count). The van der Waals surface area contributed by atoms with Crippen LogP contribution in [-0.4, -0.2) is 36.2 Å². The van der Waals surface area contributed by atoms with E-state index in [-0.39, 0.29) is 18.6 Å². The van der Waals surface area contributed by atoms with Crippen LogP contribution < -0.4 is 25.1 Å². The number of fused-ring (bicyclic) bond motifs is 2. The molecule has 2 amide bonds. The van der Waals surface area contributed by atoms with Gasteiger partial charge in [-0.05, 0) is 42.5 Å². The summed E-state index contributed by atoms with van der Waals surface area (Å²) in [4.78, 5) is 30.7. The van der Waals surface area contributed by atoms with Crippen molar-refractivity contribution in [2.24, 2.45) is 0 Å². The summed E-state index contributed by atoms with van der Waals surface area (Å²) in [5, 5.41) is 3.53. The van der Waals surface area contributed by atoms with Gasteiger partial charge in [0.25, 0.3) is 5.56 Å². The standard InChI is InChI=1S/C27H24FN3O5/c1-34-23-5-3-2-4-17(23)15-31(27(33)29-21-8-6-20(28)7-9-21)16-19-12-18-13-24-25(36-11-10-35-24)14-22(18)30-26(19)32/h2-9,12-14H,10-11,15-16H2,1H3,(H,29,33)(H,30,32). The number of ether oxygens (including phenoxy) is 3. The summed E-state index contributed by atoms with van der Waals surface area (Å²) in [7, 11) is 1.56. The number of methoxy groups -OCH3 is 1. The Morgan fingerprint density at radius 3 is 2.44 bits per heavy atom. The van der Waals surface area contributed by atoms with E-state index in [1.165, 1.54) is 29.2 Å². The zero-order chi connectivity index (χ0) is 25.1. The molecule has 1 aliphatic rings. The van der Waals surface area contributed by atoms with Crippen LogP contribution in [0.3, 0.4) is 0 Å². The molecule has 0 fully saturated rings. The monoisotopic (exact) mass is 489 g/mol. The minimum Gasteiger partial charge on any atom is -0.496 e. The summed E-state index contributed by atoms with van der Waals surface area (Å²) in [5.74, 6) is 1.40. The van der Waals surface area contributed by atoms with Crippen molar-refractivity contribution in [3.8, 4) is 17.2 Å². The number of nitrogens with zero attached hydrogens (tertiary/aromatic N) is 1. The van der Waals surface area contributed by atoms with Gasteiger partial charge in [0.1, 0.15) is 24.8 Å². The normalized spacial score (nSPS) is 12.3. The lowest BCUT2D eigenvalue weighted by Gasteiger charge is -2.24. The number of H-pyrrole nitrogens is 1. The number of hydrogen-bond donors (Lipinski definition) is 2. The Morgan fingerprint density at radius 2 is 1.69 bits per heavy atom. The number of anilines is 1. The van der Waals surface area contributed by atoms with Gasteiger partial charge in [0.15, 0.2) is 11.5 Å². The predicted octanol–water partition coefficient (Wildman–Crippen LogP) is 4.68. The number of carbonyl (C=O) groups is 1. The molecule has 9 heteroatoms. The third-order valence-electron chi connectivity index (χ3n) is 5.88. The minimum atomic E-state index is -0.450. The fourth-order valence-electron chi connectivity index (χ4n) is 4.09. The summed E-state index contributed by atoms with van der Waals surface area (Å²) < 4.78 is 30.0. The van der Waals surface area contributed by atoms with E-state index in [9.17, 15) is 14.0 Å². The van der Waals surface area contributed by atoms with Crippen LogP contribution >= 0.6 is 0 Å². The number of carbonyl (C=O) groups excluding carboxylic acids is 1. The van der Waals surface area contributed by atoms with Gasteiger partial charge >= 0.3 is 6.03 Å². The van der Waals surface area contributed by atoms with Crippen molar-refractivity contribution < 1.29 is 23.4 Å². The average Bonchev–Trinajstić information content (AvgIpc) is 2.89. The molecule has 36 heavy (non-hydrogen) atoms. The molecule has 0 spiro atoms. The molecule has 0 unspecified atom stereocenters. The molecule has 2 heterocycles. The second-order valence-electron chi connectivity index (χ2n) is 8.31. The molecule has 4 aromatic rings. The predicted molar refractivity (Wildman–Crippen MR) is 133 cm³/mol. The second kappa shape index (κ2) is 9.99. The summed E-state index contributed by atoms with van der Waals surface area (Å²) in [6, 6.07) is 17.7. The van der Waals surface area contributed by atoms with Crippen LogP contribution in [-0.2, 0) is 13.1 Å². The van der Waals surface area contributed by atoms with Crippen LogP contribution in [0.15, 0.2) is 71.5 Å². The highest BCUT2D eigenvalue weighted by atomic mass is 19.1. The topological polar surface area (TPSA) is 92.9 Å². The largest absolute Gasteiger partial charge is 0.496 e. The second-order valence-corrected chi connectivity index (χ2v) is 8.31. The van der Waals surface area contributed by atoms with Gasteiger partial charge in [-0.3, -0.25) is 4.79 Å². The fraction of sp³-hybridized carbons (Fsp3) is 0.185. The van der Waals surface area contributed by atoms with Gasteiger partial charge in [-0.2, -0.15) is 0 Å². The quantitative estimate of drug-likeness (QED) is 0.410. The maximum absolute atomic E-state index is 13.3. The number of benzene rings is 3. The molecule has 1 aromatic heterocycles. The molecule has 0 atom stereocenters. The Morgan fingerprint density at radius 1 is 1.00 bits per heavy atom.